The summed E-state index contributed by atoms with van der Waals surface area (Å²) in [6.45, 7) is 12.6. The van der Waals surface area contributed by atoms with E-state index in [9.17, 15) is 5.11 Å². The molecule has 0 radical (unpaired) electrons. The molecule has 126 valence electrons. The first-order valence-corrected chi connectivity index (χ1v) is 11.1. The first-order chi connectivity index (χ1) is 10.3. The highest BCUT2D eigenvalue weighted by atomic mass is 28.4. The van der Waals surface area contributed by atoms with Crippen molar-refractivity contribution < 1.29 is 14.3 Å². The van der Waals surface area contributed by atoms with Gasteiger partial charge in [0.1, 0.15) is 0 Å². The number of benzene rings is 1. The molecule has 1 N–H and O–H groups in total. The number of hydrogen-bond donors (Lipinski definition) is 1. The Kier molecular flexibility index (Phi) is 7.76. The molecule has 1 rings (SSSR count). The fraction of sp³-hybridized carbons (Fsp3) is 0.667. The summed E-state index contributed by atoms with van der Waals surface area (Å²) in [6, 6.07) is 10.1. The van der Waals surface area contributed by atoms with Gasteiger partial charge in [-0.2, -0.15) is 0 Å². The van der Waals surface area contributed by atoms with E-state index in [0.29, 0.717) is 6.61 Å². The number of rotatable bonds is 9. The van der Waals surface area contributed by atoms with Gasteiger partial charge < -0.3 is 14.3 Å². The second-order valence-electron chi connectivity index (χ2n) is 7.35. The van der Waals surface area contributed by atoms with Crippen LogP contribution in [0.25, 0.3) is 0 Å². The van der Waals surface area contributed by atoms with E-state index in [2.05, 4.69) is 33.9 Å². The molecule has 0 saturated heterocycles. The van der Waals surface area contributed by atoms with Gasteiger partial charge in [0.05, 0.1) is 19.3 Å². The average molecular weight is 325 g/mol. The molecule has 1 aromatic carbocycles. The lowest BCUT2D eigenvalue weighted by Crippen LogP contribution is -2.41. The van der Waals surface area contributed by atoms with Gasteiger partial charge in [-0.15, -0.1) is 0 Å². The molecule has 0 spiro atoms. The minimum Gasteiger partial charge on any atom is -0.417 e. The van der Waals surface area contributed by atoms with Gasteiger partial charge in [0.15, 0.2) is 8.32 Å². The highest BCUT2D eigenvalue weighted by molar-refractivity contribution is 6.74. The molecule has 0 aromatic heterocycles. The van der Waals surface area contributed by atoms with E-state index >= 15 is 0 Å². The minimum absolute atomic E-state index is 0.0624. The van der Waals surface area contributed by atoms with Crippen molar-refractivity contribution in [3.63, 3.8) is 0 Å². The third kappa shape index (κ3) is 6.61. The van der Waals surface area contributed by atoms with Crippen LogP contribution in [0, 0.1) is 0 Å². The summed E-state index contributed by atoms with van der Waals surface area (Å²) < 4.78 is 11.9. The Labute approximate surface area is 136 Å². The lowest BCUT2D eigenvalue weighted by Gasteiger charge is -2.36. The SMILES string of the molecule is CC(C)(C)[Si](C)(C)OCCC[C@H](CO)OCc1ccccc1. The Morgan fingerprint density at radius 3 is 2.32 bits per heavy atom. The van der Waals surface area contributed by atoms with Crippen molar-refractivity contribution in [3.8, 4) is 0 Å². The quantitative estimate of drug-likeness (QED) is 0.541. The molecule has 0 aliphatic carbocycles. The van der Waals surface area contributed by atoms with Crippen LogP contribution >= 0.6 is 0 Å². The van der Waals surface area contributed by atoms with E-state index in [0.717, 1.165) is 25.0 Å². The first-order valence-electron chi connectivity index (χ1n) is 8.16. The van der Waals surface area contributed by atoms with Crippen molar-refractivity contribution in [1.29, 1.82) is 0 Å². The van der Waals surface area contributed by atoms with Gasteiger partial charge in [-0.25, -0.2) is 0 Å². The molecule has 1 aromatic rings. The third-order valence-electron chi connectivity index (χ3n) is 4.47. The van der Waals surface area contributed by atoms with Crippen LogP contribution in [0.4, 0.5) is 0 Å². The van der Waals surface area contributed by atoms with E-state index in [4.69, 9.17) is 9.16 Å². The summed E-state index contributed by atoms with van der Waals surface area (Å²) in [6.07, 6.45) is 1.65. The average Bonchev–Trinajstić information content (AvgIpc) is 2.46. The molecule has 0 bridgehead atoms. The smallest absolute Gasteiger partial charge is 0.191 e. The molecule has 0 saturated carbocycles. The number of ether oxygens (including phenoxy) is 1. The molecule has 4 heteroatoms. The number of hydrogen-bond acceptors (Lipinski definition) is 3. The fourth-order valence-corrected chi connectivity index (χ4v) is 2.96. The summed E-state index contributed by atoms with van der Waals surface area (Å²) >= 11 is 0. The van der Waals surface area contributed by atoms with Gasteiger partial charge in [0.2, 0.25) is 0 Å². The van der Waals surface area contributed by atoms with Gasteiger partial charge in [-0.1, -0.05) is 51.1 Å². The van der Waals surface area contributed by atoms with Crippen LogP contribution in [0.3, 0.4) is 0 Å². The Morgan fingerprint density at radius 1 is 1.14 bits per heavy atom. The van der Waals surface area contributed by atoms with E-state index in [1.54, 1.807) is 0 Å². The van der Waals surface area contributed by atoms with E-state index < -0.39 is 8.32 Å². The van der Waals surface area contributed by atoms with Crippen LogP contribution < -0.4 is 0 Å². The van der Waals surface area contributed by atoms with Gasteiger partial charge in [0, 0.05) is 6.61 Å². The van der Waals surface area contributed by atoms with Crippen LogP contribution in [-0.4, -0.2) is 32.7 Å². The van der Waals surface area contributed by atoms with Crippen LogP contribution in [0.2, 0.25) is 18.1 Å². The fourth-order valence-electron chi connectivity index (χ4n) is 1.87. The van der Waals surface area contributed by atoms with Gasteiger partial charge >= 0.3 is 0 Å². The largest absolute Gasteiger partial charge is 0.417 e. The van der Waals surface area contributed by atoms with Crippen molar-refractivity contribution >= 4 is 8.32 Å². The van der Waals surface area contributed by atoms with Crippen LogP contribution in [0.1, 0.15) is 39.2 Å². The van der Waals surface area contributed by atoms with E-state index in [-0.39, 0.29) is 17.7 Å². The maximum absolute atomic E-state index is 9.44. The zero-order valence-corrected chi connectivity index (χ0v) is 15.8. The summed E-state index contributed by atoms with van der Waals surface area (Å²) in [7, 11) is -1.66. The highest BCUT2D eigenvalue weighted by Crippen LogP contribution is 2.36. The molecule has 22 heavy (non-hydrogen) atoms. The number of aliphatic hydroxyl groups is 1. The molecule has 0 aliphatic rings. The third-order valence-corrected chi connectivity index (χ3v) is 9.01. The molecule has 0 heterocycles. The molecule has 0 aliphatic heterocycles. The number of aliphatic hydroxyl groups excluding tert-OH is 1. The summed E-state index contributed by atoms with van der Waals surface area (Å²) in [5.41, 5.74) is 1.14. The monoisotopic (exact) mass is 324 g/mol. The zero-order chi connectivity index (χ0) is 16.6. The standard InChI is InChI=1S/C18H32O3Si/c1-18(2,3)22(4,5)21-13-9-12-17(14-19)20-15-16-10-7-6-8-11-16/h6-8,10-11,17,19H,9,12-15H2,1-5H3/t17-/m1/s1. The van der Waals surface area contributed by atoms with Crippen LogP contribution in [0.5, 0.6) is 0 Å². The highest BCUT2D eigenvalue weighted by Gasteiger charge is 2.36. The Morgan fingerprint density at radius 2 is 1.77 bits per heavy atom. The predicted octanol–water partition coefficient (Wildman–Crippen LogP) is 4.37. The molecule has 0 unspecified atom stereocenters. The van der Waals surface area contributed by atoms with Crippen LogP contribution in [-0.2, 0) is 15.8 Å². The second-order valence-corrected chi connectivity index (χ2v) is 12.2. The molecular formula is C18H32O3Si. The van der Waals surface area contributed by atoms with Gasteiger partial charge in [-0.05, 0) is 36.5 Å². The lowest BCUT2D eigenvalue weighted by molar-refractivity contribution is -0.00504. The topological polar surface area (TPSA) is 38.7 Å². The second kappa shape index (κ2) is 8.82. The molecule has 0 fully saturated rings. The van der Waals surface area contributed by atoms with Crippen LogP contribution in [0.15, 0.2) is 30.3 Å². The van der Waals surface area contributed by atoms with Gasteiger partial charge in [-0.3, -0.25) is 0 Å². The molecular weight excluding hydrogens is 292 g/mol. The predicted molar refractivity (Wildman–Crippen MR) is 94.5 cm³/mol. The Hall–Kier alpha value is -0.683. The summed E-state index contributed by atoms with van der Waals surface area (Å²) in [5.74, 6) is 0. The van der Waals surface area contributed by atoms with Crippen molar-refractivity contribution in [1.82, 2.24) is 0 Å². The van der Waals surface area contributed by atoms with Gasteiger partial charge in [0.25, 0.3) is 0 Å². The van der Waals surface area contributed by atoms with Crippen molar-refractivity contribution in [2.24, 2.45) is 0 Å². The van der Waals surface area contributed by atoms with Crippen molar-refractivity contribution in [2.75, 3.05) is 13.2 Å². The Bertz CT molecular complexity index is 412. The summed E-state index contributed by atoms with van der Waals surface area (Å²) in [5, 5.41) is 9.68. The van der Waals surface area contributed by atoms with E-state index in [1.165, 1.54) is 0 Å². The van der Waals surface area contributed by atoms with E-state index in [1.807, 2.05) is 30.3 Å². The molecule has 3 nitrogen and oxygen atoms in total. The maximum atomic E-state index is 9.44. The summed E-state index contributed by atoms with van der Waals surface area (Å²) in [4.78, 5) is 0. The zero-order valence-electron chi connectivity index (χ0n) is 14.8. The first kappa shape index (κ1) is 19.4. The van der Waals surface area contributed by atoms with Crippen molar-refractivity contribution in [3.05, 3.63) is 35.9 Å². The van der Waals surface area contributed by atoms with Crippen molar-refractivity contribution in [2.45, 2.75) is 64.5 Å². The lowest BCUT2D eigenvalue weighted by atomic mass is 10.2. The normalized spacial score (nSPS) is 14.1. The molecule has 1 atom stereocenters. The maximum Gasteiger partial charge on any atom is 0.191 e. The molecule has 0 amide bonds. The Balaban J connectivity index is 2.27. The minimum atomic E-state index is -1.66.